The normalized spacial score (nSPS) is 40.1. The molecule has 8 heteroatoms. The van der Waals surface area contributed by atoms with Gasteiger partial charge in [0.2, 0.25) is 15.9 Å². The lowest BCUT2D eigenvalue weighted by atomic mass is 9.52. The van der Waals surface area contributed by atoms with E-state index in [1.165, 1.54) is 16.4 Å². The highest BCUT2D eigenvalue weighted by atomic mass is 32.2. The van der Waals surface area contributed by atoms with E-state index in [4.69, 9.17) is 5.73 Å². The summed E-state index contributed by atoms with van der Waals surface area (Å²) in [6, 6.07) is 6.21. The van der Waals surface area contributed by atoms with Gasteiger partial charge in [-0.3, -0.25) is 4.79 Å². The summed E-state index contributed by atoms with van der Waals surface area (Å²) in [6.45, 7) is 2.09. The average Bonchev–Trinajstić information content (AvgIpc) is 2.70. The van der Waals surface area contributed by atoms with Crippen LogP contribution in [-0.2, 0) is 14.8 Å². The molecule has 1 heterocycles. The van der Waals surface area contributed by atoms with Crippen molar-refractivity contribution in [3.05, 3.63) is 24.3 Å². The fraction of sp³-hybridized carbons (Fsp3) is 0.696. The number of hydrogen-bond donors (Lipinski definition) is 3. The minimum atomic E-state index is -3.83. The molecule has 7 nitrogen and oxygen atoms in total. The van der Waals surface area contributed by atoms with E-state index >= 15 is 0 Å². The summed E-state index contributed by atoms with van der Waals surface area (Å²) in [7, 11) is -3.83. The van der Waals surface area contributed by atoms with Crippen molar-refractivity contribution < 1.29 is 18.3 Å². The first kappa shape index (κ1) is 21.2. The molecule has 1 aromatic carbocycles. The molecular weight excluding hydrogens is 414 g/mol. The van der Waals surface area contributed by atoms with E-state index in [-0.39, 0.29) is 28.7 Å². The summed E-state index contributed by atoms with van der Waals surface area (Å²) >= 11 is 0. The third-order valence-electron chi connectivity index (χ3n) is 8.32. The lowest BCUT2D eigenvalue weighted by molar-refractivity contribution is -0.151. The van der Waals surface area contributed by atoms with Crippen molar-refractivity contribution in [2.75, 3.05) is 12.3 Å². The van der Waals surface area contributed by atoms with Gasteiger partial charge in [0.15, 0.2) is 0 Å². The highest BCUT2D eigenvalue weighted by Crippen LogP contribution is 2.55. The third kappa shape index (κ3) is 3.47. The van der Waals surface area contributed by atoms with Gasteiger partial charge in [0.05, 0.1) is 10.5 Å². The Kier molecular flexibility index (Phi) is 4.92. The van der Waals surface area contributed by atoms with Crippen LogP contribution < -0.4 is 11.1 Å². The zero-order chi connectivity index (χ0) is 22.0. The number of benzene rings is 1. The van der Waals surface area contributed by atoms with Crippen LogP contribution in [0.2, 0.25) is 0 Å². The van der Waals surface area contributed by atoms with E-state index in [0.29, 0.717) is 24.6 Å². The maximum atomic E-state index is 13.6. The first-order valence-corrected chi connectivity index (χ1v) is 13.0. The van der Waals surface area contributed by atoms with E-state index < -0.39 is 21.2 Å². The molecule has 0 aromatic heterocycles. The van der Waals surface area contributed by atoms with Crippen molar-refractivity contribution in [1.82, 2.24) is 9.62 Å². The van der Waals surface area contributed by atoms with Gasteiger partial charge < -0.3 is 16.2 Å². The van der Waals surface area contributed by atoms with E-state index in [2.05, 4.69) is 5.32 Å². The Morgan fingerprint density at radius 2 is 1.77 bits per heavy atom. The first-order valence-electron chi connectivity index (χ1n) is 11.5. The maximum absolute atomic E-state index is 13.6. The van der Waals surface area contributed by atoms with Gasteiger partial charge in [-0.15, -0.1) is 0 Å². The number of piperidine rings is 1. The second kappa shape index (κ2) is 7.18. The number of nitrogens with zero attached hydrogens (tertiary/aromatic N) is 1. The smallest absolute Gasteiger partial charge is 0.244 e. The molecule has 4 bridgehead atoms. The first-order chi connectivity index (χ1) is 14.6. The SMILES string of the molecule is C[C@]1(C(=O)NC2C3CC4CC2CC(O)(C4)C3)CCCCN1S(=O)(=O)c1ccc(N)cc1. The lowest BCUT2D eigenvalue weighted by Gasteiger charge is -2.58. The summed E-state index contributed by atoms with van der Waals surface area (Å²) in [5.74, 6) is 0.933. The molecule has 4 saturated carbocycles. The summed E-state index contributed by atoms with van der Waals surface area (Å²) < 4.78 is 28.3. The van der Waals surface area contributed by atoms with Gasteiger partial charge in [-0.1, -0.05) is 0 Å². The summed E-state index contributed by atoms with van der Waals surface area (Å²) in [6.07, 6.45) is 6.54. The zero-order valence-electron chi connectivity index (χ0n) is 18.1. The number of nitrogens with one attached hydrogen (secondary N) is 1. The van der Waals surface area contributed by atoms with Crippen molar-refractivity contribution in [2.45, 2.75) is 80.4 Å². The van der Waals surface area contributed by atoms with Crippen LogP contribution in [0.15, 0.2) is 29.2 Å². The minimum Gasteiger partial charge on any atom is -0.399 e. The molecule has 1 aromatic rings. The van der Waals surface area contributed by atoms with Gasteiger partial charge in [0.1, 0.15) is 5.54 Å². The number of aliphatic hydroxyl groups is 1. The van der Waals surface area contributed by atoms with Crippen molar-refractivity contribution >= 4 is 21.6 Å². The molecule has 3 atom stereocenters. The van der Waals surface area contributed by atoms with Crippen LogP contribution in [0.5, 0.6) is 0 Å². The Morgan fingerprint density at radius 1 is 1.13 bits per heavy atom. The number of carbonyl (C=O) groups excluding carboxylic acids is 1. The van der Waals surface area contributed by atoms with Gasteiger partial charge in [0.25, 0.3) is 0 Å². The van der Waals surface area contributed by atoms with Gasteiger partial charge in [-0.25, -0.2) is 8.42 Å². The predicted molar refractivity (Wildman–Crippen MR) is 117 cm³/mol. The van der Waals surface area contributed by atoms with Gasteiger partial charge >= 0.3 is 0 Å². The fourth-order valence-electron chi connectivity index (χ4n) is 7.00. The monoisotopic (exact) mass is 447 g/mol. The van der Waals surface area contributed by atoms with Gasteiger partial charge in [0, 0.05) is 18.3 Å². The number of anilines is 1. The second-order valence-electron chi connectivity index (χ2n) is 10.6. The van der Waals surface area contributed by atoms with E-state index in [1.54, 1.807) is 19.1 Å². The quantitative estimate of drug-likeness (QED) is 0.613. The Bertz CT molecular complexity index is 963. The van der Waals surface area contributed by atoms with Crippen LogP contribution in [0.4, 0.5) is 5.69 Å². The number of amides is 1. The zero-order valence-corrected chi connectivity index (χ0v) is 18.9. The molecule has 0 spiro atoms. The Balaban J connectivity index is 1.40. The number of sulfonamides is 1. The van der Waals surface area contributed by atoms with Crippen LogP contribution in [0.1, 0.15) is 58.3 Å². The summed E-state index contributed by atoms with van der Waals surface area (Å²) in [5.41, 5.74) is 4.55. The molecule has 4 aliphatic carbocycles. The molecule has 170 valence electrons. The van der Waals surface area contributed by atoms with E-state index in [0.717, 1.165) is 44.9 Å². The fourth-order valence-corrected chi connectivity index (χ4v) is 8.81. The van der Waals surface area contributed by atoms with Crippen molar-refractivity contribution in [2.24, 2.45) is 17.8 Å². The van der Waals surface area contributed by atoms with Gasteiger partial charge in [-0.05, 0) is 100 Å². The van der Waals surface area contributed by atoms with Crippen LogP contribution in [0, 0.1) is 17.8 Å². The lowest BCUT2D eigenvalue weighted by Crippen LogP contribution is -2.66. The molecular formula is C23H33N3O4S. The van der Waals surface area contributed by atoms with Crippen LogP contribution in [0.25, 0.3) is 0 Å². The second-order valence-corrected chi connectivity index (χ2v) is 12.4. The Labute approximate surface area is 184 Å². The standard InChI is InChI=1S/C23H33N3O4S/c1-22(8-2-3-9-26(22)31(29,30)19-6-4-18(24)5-7-19)21(27)25-20-16-10-15-11-17(20)14-23(28,12-15)13-16/h4-7,15-17,20,28H,2-3,8-14,24H2,1H3,(H,25,27)/t15?,16?,17?,20?,22-,23?/m1/s1. The molecule has 4 N–H and O–H groups in total. The Morgan fingerprint density at radius 3 is 2.39 bits per heavy atom. The number of rotatable bonds is 4. The number of nitrogen functional groups attached to an aromatic ring is 1. The number of hydrogen-bond acceptors (Lipinski definition) is 5. The van der Waals surface area contributed by atoms with Crippen LogP contribution in [0.3, 0.4) is 0 Å². The van der Waals surface area contributed by atoms with Gasteiger partial charge in [-0.2, -0.15) is 4.31 Å². The number of carbonyl (C=O) groups is 1. The van der Waals surface area contributed by atoms with E-state index in [1.807, 2.05) is 0 Å². The van der Waals surface area contributed by atoms with Crippen molar-refractivity contribution in [1.29, 1.82) is 0 Å². The Hall–Kier alpha value is -1.64. The molecule has 5 aliphatic rings. The van der Waals surface area contributed by atoms with E-state index in [9.17, 15) is 18.3 Å². The number of nitrogens with two attached hydrogens (primary N) is 1. The maximum Gasteiger partial charge on any atom is 0.244 e. The highest BCUT2D eigenvalue weighted by molar-refractivity contribution is 7.89. The third-order valence-corrected chi connectivity index (χ3v) is 10.4. The van der Waals surface area contributed by atoms with Crippen molar-refractivity contribution in [3.63, 3.8) is 0 Å². The van der Waals surface area contributed by atoms with Crippen LogP contribution in [-0.4, -0.2) is 47.5 Å². The molecule has 0 radical (unpaired) electrons. The largest absolute Gasteiger partial charge is 0.399 e. The molecule has 1 amide bonds. The molecule has 5 fully saturated rings. The topological polar surface area (TPSA) is 113 Å². The molecule has 2 unspecified atom stereocenters. The average molecular weight is 448 g/mol. The van der Waals surface area contributed by atoms with Crippen LogP contribution >= 0.6 is 0 Å². The predicted octanol–water partition coefficient (Wildman–Crippen LogP) is 2.26. The summed E-state index contributed by atoms with van der Waals surface area (Å²) in [4.78, 5) is 13.8. The molecule has 31 heavy (non-hydrogen) atoms. The van der Waals surface area contributed by atoms with Crippen molar-refractivity contribution in [3.8, 4) is 0 Å². The minimum absolute atomic E-state index is 0.0316. The highest BCUT2D eigenvalue weighted by Gasteiger charge is 2.56. The molecule has 6 rings (SSSR count). The molecule has 1 aliphatic heterocycles. The molecule has 1 saturated heterocycles. The summed E-state index contributed by atoms with van der Waals surface area (Å²) in [5, 5.41) is 14.1.